The Hall–Kier alpha value is -1.24. The van der Waals surface area contributed by atoms with Gasteiger partial charge in [-0.05, 0) is 24.5 Å². The van der Waals surface area contributed by atoms with Crippen LogP contribution in [0.15, 0.2) is 24.3 Å². The molecule has 220 valence electrons. The fourth-order valence-electron chi connectivity index (χ4n) is 4.26. The molecule has 0 fully saturated rings. The Kier molecular flexibility index (Phi) is 22.7. The fraction of sp³-hybridized carbons (Fsp3) is 0.767. The van der Waals surface area contributed by atoms with Crippen LogP contribution in [0.4, 0.5) is 0 Å². The topological polar surface area (TPSA) is 78.7 Å². The number of para-hydroxylation sites is 1. The van der Waals surface area contributed by atoms with Crippen molar-refractivity contribution in [1.82, 2.24) is 0 Å². The van der Waals surface area contributed by atoms with Gasteiger partial charge in [-0.15, -0.1) is 0 Å². The number of carbonyl (C=O) groups excluding carboxylic acids is 1. The number of benzene rings is 1. The first kappa shape index (κ1) is 34.8. The average Bonchev–Trinajstić information content (AvgIpc) is 2.90. The second-order valence-electron chi connectivity index (χ2n) is 10.4. The molecule has 0 spiro atoms. The smallest absolute Gasteiger partial charge is 0.330 e. The summed E-state index contributed by atoms with van der Waals surface area (Å²) in [6, 6.07) is 8.02. The van der Waals surface area contributed by atoms with Gasteiger partial charge >= 0.3 is 8.60 Å². The zero-order valence-corrected chi connectivity index (χ0v) is 25.2. The van der Waals surface area contributed by atoms with Crippen LogP contribution in [-0.4, -0.2) is 57.9 Å². The molecule has 1 aromatic rings. The van der Waals surface area contributed by atoms with Gasteiger partial charge in [0, 0.05) is 0 Å². The van der Waals surface area contributed by atoms with Crippen LogP contribution in [0.5, 0.6) is 5.75 Å². The van der Waals surface area contributed by atoms with E-state index in [1.807, 2.05) is 32.3 Å². The van der Waals surface area contributed by atoms with E-state index >= 15 is 0 Å². The fourth-order valence-corrected chi connectivity index (χ4v) is 4.88. The highest BCUT2D eigenvalue weighted by Crippen LogP contribution is 2.32. The molecule has 0 saturated carbocycles. The van der Waals surface area contributed by atoms with Gasteiger partial charge < -0.3 is 28.3 Å². The molecule has 0 saturated heterocycles. The van der Waals surface area contributed by atoms with E-state index in [9.17, 15) is 9.69 Å². The van der Waals surface area contributed by atoms with Crippen LogP contribution in [0.3, 0.4) is 0 Å². The molecule has 0 aliphatic carbocycles. The summed E-state index contributed by atoms with van der Waals surface area (Å²) < 4.78 is 21.7. The summed E-state index contributed by atoms with van der Waals surface area (Å²) in [4.78, 5) is 22.0. The predicted molar refractivity (Wildman–Crippen MR) is 156 cm³/mol. The normalized spacial score (nSPS) is 13.0. The third-order valence-electron chi connectivity index (χ3n) is 6.62. The van der Waals surface area contributed by atoms with E-state index < -0.39 is 14.7 Å². The van der Waals surface area contributed by atoms with Crippen molar-refractivity contribution in [2.75, 3.05) is 40.5 Å². The molecule has 0 radical (unpaired) electrons. The van der Waals surface area contributed by atoms with E-state index in [0.29, 0.717) is 13.1 Å². The number of rotatable bonds is 27. The maximum absolute atomic E-state index is 10.9. The van der Waals surface area contributed by atoms with Gasteiger partial charge in [0.1, 0.15) is 25.5 Å². The minimum Gasteiger partial charge on any atom is -0.489 e. The van der Waals surface area contributed by atoms with Crippen LogP contribution in [-0.2, 0) is 25.0 Å². The van der Waals surface area contributed by atoms with E-state index in [1.165, 1.54) is 88.4 Å². The minimum absolute atomic E-state index is 0.0108. The van der Waals surface area contributed by atoms with Crippen LogP contribution in [0, 0.1) is 0 Å². The number of nitrogens with one attached hydrogen (secondary N) is 1. The van der Waals surface area contributed by atoms with Crippen molar-refractivity contribution in [3.8, 4) is 5.75 Å². The van der Waals surface area contributed by atoms with Crippen molar-refractivity contribution in [2.45, 2.75) is 109 Å². The molecular weight excluding hydrogens is 501 g/mol. The van der Waals surface area contributed by atoms with Gasteiger partial charge in [0.25, 0.3) is 6.47 Å². The molecule has 7 nitrogen and oxygen atoms in total. The zero-order chi connectivity index (χ0) is 27.7. The highest BCUT2D eigenvalue weighted by Gasteiger charge is 2.17. The summed E-state index contributed by atoms with van der Waals surface area (Å²) in [5.41, 5.74) is 1.16. The van der Waals surface area contributed by atoms with Gasteiger partial charge in [0.15, 0.2) is 6.10 Å². The molecule has 1 rings (SSSR count). The Bertz CT molecular complexity index is 678. The van der Waals surface area contributed by atoms with Crippen LogP contribution < -0.4 is 9.64 Å². The number of hydrogen-bond donors (Lipinski definition) is 2. The van der Waals surface area contributed by atoms with Gasteiger partial charge in [-0.3, -0.25) is 4.79 Å². The van der Waals surface area contributed by atoms with Crippen LogP contribution in [0.2, 0.25) is 0 Å². The van der Waals surface area contributed by atoms with Crippen molar-refractivity contribution in [3.05, 3.63) is 29.8 Å². The molecular formula is C30H55NO6P+. The standard InChI is InChI=1S/C30H54NO6P/c1-4-5-6-7-8-9-10-11-12-13-14-15-16-17-20-28-21-18-19-22-30(28)34-25-29(35-27-32)26-37-38(33)36-24-23-31(2)3/h18-19,21-22,27,29,33H,4-17,20,23-26H2,1-3H3/p+1. The lowest BCUT2D eigenvalue weighted by Gasteiger charge is -2.19. The number of hydrogen-bond acceptors (Lipinski definition) is 6. The monoisotopic (exact) mass is 556 g/mol. The van der Waals surface area contributed by atoms with Crippen molar-refractivity contribution in [2.24, 2.45) is 0 Å². The molecule has 0 aliphatic rings. The Morgan fingerprint density at radius 1 is 0.842 bits per heavy atom. The number of likely N-dealkylation sites (N-methyl/N-ethyl adjacent to an activating group) is 1. The summed E-state index contributed by atoms with van der Waals surface area (Å²) in [6.07, 6.45) is 19.2. The lowest BCUT2D eigenvalue weighted by atomic mass is 10.0. The second kappa shape index (κ2) is 24.8. The van der Waals surface area contributed by atoms with Crippen molar-refractivity contribution < 1.29 is 33.1 Å². The number of ether oxygens (including phenoxy) is 2. The second-order valence-corrected chi connectivity index (χ2v) is 11.4. The van der Waals surface area contributed by atoms with E-state index in [2.05, 4.69) is 13.0 Å². The molecule has 2 atom stereocenters. The molecule has 0 heterocycles. The van der Waals surface area contributed by atoms with Gasteiger partial charge in [-0.25, -0.2) is 0 Å². The molecule has 8 heteroatoms. The predicted octanol–water partition coefficient (Wildman–Crippen LogP) is 6.03. The molecule has 0 bridgehead atoms. The molecule has 2 unspecified atom stereocenters. The highest BCUT2D eigenvalue weighted by molar-refractivity contribution is 7.40. The molecule has 0 amide bonds. The number of unbranched alkanes of at least 4 members (excludes halogenated alkanes) is 13. The third-order valence-corrected chi connectivity index (χ3v) is 7.39. The number of quaternary nitrogens is 1. The highest BCUT2D eigenvalue weighted by atomic mass is 31.2. The largest absolute Gasteiger partial charge is 0.489 e. The van der Waals surface area contributed by atoms with Crippen LogP contribution in [0.25, 0.3) is 0 Å². The quantitative estimate of drug-likeness (QED) is 0.0783. The van der Waals surface area contributed by atoms with Crippen molar-refractivity contribution in [3.63, 3.8) is 0 Å². The van der Waals surface area contributed by atoms with E-state index in [1.54, 1.807) is 0 Å². The SMILES string of the molecule is CCCCCCCCCCCCCCCCc1ccccc1OCC(COP(O)OCC[NH+](C)C)OC=O. The first-order valence-corrected chi connectivity index (χ1v) is 16.0. The minimum atomic E-state index is -2.01. The number of carbonyl (C=O) groups is 1. The Balaban J connectivity index is 2.20. The van der Waals surface area contributed by atoms with E-state index in [-0.39, 0.29) is 13.2 Å². The average molecular weight is 557 g/mol. The summed E-state index contributed by atoms with van der Waals surface area (Å²) in [7, 11) is 2.00. The zero-order valence-electron chi connectivity index (χ0n) is 24.3. The third kappa shape index (κ3) is 19.8. The van der Waals surface area contributed by atoms with Gasteiger partial charge in [-0.2, -0.15) is 0 Å². The Morgan fingerprint density at radius 3 is 2.00 bits per heavy atom. The maximum atomic E-state index is 10.9. The lowest BCUT2D eigenvalue weighted by Crippen LogP contribution is -3.06. The Morgan fingerprint density at radius 2 is 1.42 bits per heavy atom. The van der Waals surface area contributed by atoms with Gasteiger partial charge in [0.05, 0.1) is 20.7 Å². The molecule has 1 aromatic carbocycles. The Labute approximate surface area is 233 Å². The van der Waals surface area contributed by atoms with Crippen molar-refractivity contribution in [1.29, 1.82) is 0 Å². The maximum Gasteiger partial charge on any atom is 0.330 e. The van der Waals surface area contributed by atoms with Gasteiger partial charge in [0.2, 0.25) is 0 Å². The molecule has 38 heavy (non-hydrogen) atoms. The number of aryl methyl sites for hydroxylation is 1. The molecule has 0 aromatic heterocycles. The summed E-state index contributed by atoms with van der Waals surface area (Å²) >= 11 is 0. The lowest BCUT2D eigenvalue weighted by molar-refractivity contribution is -0.858. The van der Waals surface area contributed by atoms with Crippen LogP contribution >= 0.6 is 8.60 Å². The molecule has 2 N–H and O–H groups in total. The van der Waals surface area contributed by atoms with Crippen molar-refractivity contribution >= 4 is 15.1 Å². The summed E-state index contributed by atoms with van der Waals surface area (Å²) in [5.74, 6) is 0.804. The van der Waals surface area contributed by atoms with Gasteiger partial charge in [-0.1, -0.05) is 109 Å². The summed E-state index contributed by atoms with van der Waals surface area (Å²) in [6.45, 7) is 3.98. The van der Waals surface area contributed by atoms with E-state index in [4.69, 9.17) is 18.5 Å². The first-order valence-electron chi connectivity index (χ1n) is 14.9. The summed E-state index contributed by atoms with van der Waals surface area (Å²) in [5, 5.41) is 0. The van der Waals surface area contributed by atoms with E-state index in [0.717, 1.165) is 30.7 Å². The first-order chi connectivity index (χ1) is 18.6. The molecule has 0 aliphatic heterocycles. The van der Waals surface area contributed by atoms with Crippen LogP contribution in [0.1, 0.15) is 102 Å².